The van der Waals surface area contributed by atoms with Gasteiger partial charge in [0.2, 0.25) is 0 Å². The molecule has 0 N–H and O–H groups in total. The third kappa shape index (κ3) is 1.17. The van der Waals surface area contributed by atoms with Crippen LogP contribution in [0.4, 0.5) is 4.79 Å². The zero-order valence-electron chi connectivity index (χ0n) is 8.21. The average molecular weight is 180 g/mol. The Kier molecular flexibility index (Phi) is 2.04. The van der Waals surface area contributed by atoms with Gasteiger partial charge in [0.15, 0.2) is 0 Å². The summed E-state index contributed by atoms with van der Waals surface area (Å²) in [5, 5.41) is 0. The Labute approximate surface area is 77.5 Å². The maximum Gasteiger partial charge on any atom is 0.339 e. The van der Waals surface area contributed by atoms with E-state index in [4.69, 9.17) is 0 Å². The van der Waals surface area contributed by atoms with E-state index in [1.54, 1.807) is 27.8 Å². The molecule has 1 heterocycles. The molecular formula is C9H12N2O2. The maximum absolute atomic E-state index is 11.6. The van der Waals surface area contributed by atoms with Crippen LogP contribution in [0.25, 0.3) is 0 Å². The number of hydrogen-bond acceptors (Lipinski definition) is 2. The van der Waals surface area contributed by atoms with Gasteiger partial charge in [-0.15, -0.1) is 0 Å². The molecule has 0 aromatic rings. The predicted octanol–water partition coefficient (Wildman–Crippen LogP) is 0.640. The summed E-state index contributed by atoms with van der Waals surface area (Å²) in [6.07, 6.45) is 0. The van der Waals surface area contributed by atoms with Crippen molar-refractivity contribution in [2.24, 2.45) is 0 Å². The minimum atomic E-state index is -0.777. The SMILES string of the molecule is CC#CN1C(=O)N(C)C(C)(C)C1=O. The molecular weight excluding hydrogens is 168 g/mol. The van der Waals surface area contributed by atoms with Crippen LogP contribution in [0.2, 0.25) is 0 Å². The van der Waals surface area contributed by atoms with Gasteiger partial charge in [0.1, 0.15) is 5.54 Å². The average Bonchev–Trinajstić information content (AvgIpc) is 2.21. The van der Waals surface area contributed by atoms with Crippen LogP contribution >= 0.6 is 0 Å². The normalized spacial score (nSPS) is 20.3. The second-order valence-electron chi connectivity index (χ2n) is 3.40. The Morgan fingerprint density at radius 1 is 1.31 bits per heavy atom. The van der Waals surface area contributed by atoms with Gasteiger partial charge >= 0.3 is 6.03 Å². The van der Waals surface area contributed by atoms with Gasteiger partial charge in [-0.1, -0.05) is 5.92 Å². The second kappa shape index (κ2) is 2.77. The molecule has 0 bridgehead atoms. The molecule has 1 rings (SSSR count). The van der Waals surface area contributed by atoms with Crippen molar-refractivity contribution in [3.63, 3.8) is 0 Å². The van der Waals surface area contributed by atoms with Gasteiger partial charge in [-0.25, -0.2) is 4.79 Å². The van der Waals surface area contributed by atoms with E-state index in [0.717, 1.165) is 4.90 Å². The van der Waals surface area contributed by atoms with E-state index in [2.05, 4.69) is 12.0 Å². The van der Waals surface area contributed by atoms with E-state index in [9.17, 15) is 9.59 Å². The first kappa shape index (κ1) is 9.59. The molecule has 0 radical (unpaired) electrons. The van der Waals surface area contributed by atoms with Crippen molar-refractivity contribution in [3.05, 3.63) is 0 Å². The van der Waals surface area contributed by atoms with Crippen LogP contribution in [0.5, 0.6) is 0 Å². The maximum atomic E-state index is 11.6. The van der Waals surface area contributed by atoms with E-state index < -0.39 is 5.54 Å². The summed E-state index contributed by atoms with van der Waals surface area (Å²) >= 11 is 0. The van der Waals surface area contributed by atoms with Crippen LogP contribution in [0, 0.1) is 12.0 Å². The highest BCUT2D eigenvalue weighted by molar-refractivity contribution is 6.07. The van der Waals surface area contributed by atoms with Gasteiger partial charge in [0.05, 0.1) is 0 Å². The largest absolute Gasteiger partial charge is 0.339 e. The molecule has 0 atom stereocenters. The quantitative estimate of drug-likeness (QED) is 0.405. The molecule has 4 nitrogen and oxygen atoms in total. The number of likely N-dealkylation sites (N-methyl/N-ethyl adjacent to an activating group) is 1. The van der Waals surface area contributed by atoms with Crippen LogP contribution in [0.1, 0.15) is 20.8 Å². The molecule has 0 unspecified atom stereocenters. The van der Waals surface area contributed by atoms with Crippen molar-refractivity contribution in [2.75, 3.05) is 7.05 Å². The Hall–Kier alpha value is -1.50. The molecule has 1 fully saturated rings. The van der Waals surface area contributed by atoms with Crippen molar-refractivity contribution in [1.29, 1.82) is 0 Å². The zero-order valence-corrected chi connectivity index (χ0v) is 8.21. The van der Waals surface area contributed by atoms with E-state index in [1.807, 2.05) is 0 Å². The molecule has 1 aliphatic heterocycles. The van der Waals surface area contributed by atoms with E-state index in [-0.39, 0.29) is 11.9 Å². The van der Waals surface area contributed by atoms with Crippen LogP contribution < -0.4 is 0 Å². The van der Waals surface area contributed by atoms with Gasteiger partial charge in [-0.2, -0.15) is 4.90 Å². The monoisotopic (exact) mass is 180 g/mol. The van der Waals surface area contributed by atoms with Crippen LogP contribution in [-0.2, 0) is 4.79 Å². The number of carbonyl (C=O) groups excluding carboxylic acids is 2. The van der Waals surface area contributed by atoms with Crippen molar-refractivity contribution in [3.8, 4) is 12.0 Å². The van der Waals surface area contributed by atoms with Crippen LogP contribution in [0.3, 0.4) is 0 Å². The van der Waals surface area contributed by atoms with Crippen LogP contribution in [0.15, 0.2) is 0 Å². The standard InChI is InChI=1S/C9H12N2O2/c1-5-6-11-7(12)9(2,3)10(4)8(11)13/h1-4H3. The first-order valence-electron chi connectivity index (χ1n) is 3.97. The predicted molar refractivity (Wildman–Crippen MR) is 47.5 cm³/mol. The number of rotatable bonds is 0. The lowest BCUT2D eigenvalue weighted by Gasteiger charge is -2.22. The molecule has 13 heavy (non-hydrogen) atoms. The minimum absolute atomic E-state index is 0.269. The Morgan fingerprint density at radius 2 is 1.85 bits per heavy atom. The molecule has 0 spiro atoms. The smallest absolute Gasteiger partial charge is 0.312 e. The minimum Gasteiger partial charge on any atom is -0.312 e. The third-order valence-corrected chi connectivity index (χ3v) is 2.27. The number of carbonyl (C=O) groups is 2. The van der Waals surface area contributed by atoms with Gasteiger partial charge < -0.3 is 4.90 Å². The Bertz CT molecular complexity index is 322. The summed E-state index contributed by atoms with van der Waals surface area (Å²) in [5.74, 6) is 2.27. The fourth-order valence-electron chi connectivity index (χ4n) is 1.10. The highest BCUT2D eigenvalue weighted by Gasteiger charge is 2.48. The number of hydrogen-bond donors (Lipinski definition) is 0. The molecule has 1 saturated heterocycles. The molecule has 0 aromatic heterocycles. The lowest BCUT2D eigenvalue weighted by molar-refractivity contribution is -0.129. The summed E-state index contributed by atoms with van der Waals surface area (Å²) < 4.78 is 0. The summed E-state index contributed by atoms with van der Waals surface area (Å²) in [4.78, 5) is 25.4. The first-order chi connectivity index (χ1) is 5.92. The van der Waals surface area contributed by atoms with E-state index in [0.29, 0.717) is 0 Å². The number of nitrogens with zero attached hydrogens (tertiary/aromatic N) is 2. The van der Waals surface area contributed by atoms with Crippen molar-refractivity contribution >= 4 is 11.9 Å². The van der Waals surface area contributed by atoms with Gasteiger partial charge in [0, 0.05) is 13.1 Å². The van der Waals surface area contributed by atoms with Gasteiger partial charge in [-0.3, -0.25) is 4.79 Å². The van der Waals surface area contributed by atoms with E-state index in [1.165, 1.54) is 4.90 Å². The van der Waals surface area contributed by atoms with Crippen LogP contribution in [-0.4, -0.2) is 34.3 Å². The summed E-state index contributed by atoms with van der Waals surface area (Å²) in [6, 6.07) is 2.12. The first-order valence-corrected chi connectivity index (χ1v) is 3.97. The Balaban J connectivity index is 3.11. The lowest BCUT2D eigenvalue weighted by Crippen LogP contribution is -2.41. The van der Waals surface area contributed by atoms with Gasteiger partial charge in [0.25, 0.3) is 5.91 Å². The third-order valence-electron chi connectivity index (χ3n) is 2.27. The highest BCUT2D eigenvalue weighted by Crippen LogP contribution is 2.24. The molecule has 3 amide bonds. The summed E-state index contributed by atoms with van der Waals surface area (Å²) in [6.45, 7) is 4.99. The molecule has 0 aliphatic carbocycles. The molecule has 0 aromatic carbocycles. The van der Waals surface area contributed by atoms with Gasteiger partial charge in [-0.05, 0) is 20.8 Å². The molecule has 1 aliphatic rings. The second-order valence-corrected chi connectivity index (χ2v) is 3.40. The Morgan fingerprint density at radius 3 is 2.15 bits per heavy atom. The van der Waals surface area contributed by atoms with Crippen molar-refractivity contribution < 1.29 is 9.59 Å². The molecule has 70 valence electrons. The topological polar surface area (TPSA) is 40.6 Å². The van der Waals surface area contributed by atoms with Crippen molar-refractivity contribution in [2.45, 2.75) is 26.3 Å². The highest BCUT2D eigenvalue weighted by atomic mass is 16.2. The van der Waals surface area contributed by atoms with E-state index >= 15 is 0 Å². The number of amides is 3. The molecule has 4 heteroatoms. The fourth-order valence-corrected chi connectivity index (χ4v) is 1.10. The molecule has 0 saturated carbocycles. The fraction of sp³-hybridized carbons (Fsp3) is 0.556. The summed E-state index contributed by atoms with van der Waals surface area (Å²) in [7, 11) is 1.59. The van der Waals surface area contributed by atoms with Crippen molar-refractivity contribution in [1.82, 2.24) is 9.80 Å². The summed E-state index contributed by atoms with van der Waals surface area (Å²) in [5.41, 5.74) is -0.777. The lowest BCUT2D eigenvalue weighted by atomic mass is 10.1. The zero-order chi connectivity index (χ0) is 10.2. The number of urea groups is 1. The number of imide groups is 1.